The first-order chi connectivity index (χ1) is 12.7. The van der Waals surface area contributed by atoms with Gasteiger partial charge in [-0.3, -0.25) is 4.57 Å². The fourth-order valence-corrected chi connectivity index (χ4v) is 3.96. The molecule has 0 bridgehead atoms. The lowest BCUT2D eigenvalue weighted by Crippen LogP contribution is -2.03. The van der Waals surface area contributed by atoms with Gasteiger partial charge in [0.05, 0.1) is 19.1 Å². The summed E-state index contributed by atoms with van der Waals surface area (Å²) >= 11 is 13.8. The summed E-state index contributed by atoms with van der Waals surface area (Å²) in [5.74, 6) is 2.75. The molecule has 8 heteroatoms. The Balaban J connectivity index is 1.62. The van der Waals surface area contributed by atoms with Crippen molar-refractivity contribution in [2.45, 2.75) is 17.5 Å². The van der Waals surface area contributed by atoms with Crippen LogP contribution in [0.15, 0.2) is 69.0 Å². The molecule has 0 saturated carbocycles. The van der Waals surface area contributed by atoms with E-state index in [0.717, 1.165) is 16.5 Å². The highest BCUT2D eigenvalue weighted by Gasteiger charge is 2.18. The van der Waals surface area contributed by atoms with Crippen molar-refractivity contribution in [2.75, 3.05) is 0 Å². The molecule has 26 heavy (non-hydrogen) atoms. The van der Waals surface area contributed by atoms with Crippen molar-refractivity contribution in [1.82, 2.24) is 14.8 Å². The number of thioether (sulfide) groups is 1. The summed E-state index contributed by atoms with van der Waals surface area (Å²) in [7, 11) is 0. The lowest BCUT2D eigenvalue weighted by atomic mass is 10.2. The lowest BCUT2D eigenvalue weighted by Gasteiger charge is -2.08. The van der Waals surface area contributed by atoms with Crippen LogP contribution < -0.4 is 0 Å². The van der Waals surface area contributed by atoms with E-state index in [1.54, 1.807) is 18.6 Å². The fourth-order valence-electron chi connectivity index (χ4n) is 2.47. The summed E-state index contributed by atoms with van der Waals surface area (Å²) in [4.78, 5) is 0. The predicted molar refractivity (Wildman–Crippen MR) is 102 cm³/mol. The van der Waals surface area contributed by atoms with Crippen LogP contribution in [0, 0.1) is 0 Å². The highest BCUT2D eigenvalue weighted by atomic mass is 35.5. The molecule has 0 atom stereocenters. The number of furan rings is 2. The highest BCUT2D eigenvalue weighted by molar-refractivity contribution is 7.98. The first-order valence-corrected chi connectivity index (χ1v) is 9.51. The molecule has 4 rings (SSSR count). The van der Waals surface area contributed by atoms with E-state index in [9.17, 15) is 0 Å². The van der Waals surface area contributed by atoms with Crippen LogP contribution in [0.1, 0.15) is 11.3 Å². The molecule has 0 spiro atoms. The van der Waals surface area contributed by atoms with Crippen molar-refractivity contribution in [1.29, 1.82) is 0 Å². The topological polar surface area (TPSA) is 57.0 Å². The van der Waals surface area contributed by atoms with Gasteiger partial charge in [-0.1, -0.05) is 41.0 Å². The largest absolute Gasteiger partial charge is 0.467 e. The van der Waals surface area contributed by atoms with Gasteiger partial charge in [-0.05, 0) is 42.0 Å². The second-order valence-corrected chi connectivity index (χ2v) is 7.26. The summed E-state index contributed by atoms with van der Waals surface area (Å²) in [6, 6.07) is 12.9. The highest BCUT2D eigenvalue weighted by Crippen LogP contribution is 2.30. The standard InChI is InChI=1S/C18H13Cl2N3O2S/c19-13-6-5-12(15(20)9-13)11-26-18-22-21-17(16-4-2-8-25-16)23(18)10-14-3-1-7-24-14/h1-9H,10-11H2. The van der Waals surface area contributed by atoms with Gasteiger partial charge in [-0.25, -0.2) is 0 Å². The van der Waals surface area contributed by atoms with E-state index in [0.29, 0.717) is 33.9 Å². The summed E-state index contributed by atoms with van der Waals surface area (Å²) in [5, 5.41) is 10.6. The quantitative estimate of drug-likeness (QED) is 0.380. The Bertz CT molecular complexity index is 998. The molecule has 4 aromatic rings. The first kappa shape index (κ1) is 17.3. The van der Waals surface area contributed by atoms with E-state index in [2.05, 4.69) is 10.2 Å². The van der Waals surface area contributed by atoms with Crippen LogP contribution >= 0.6 is 35.0 Å². The van der Waals surface area contributed by atoms with Crippen LogP contribution in [0.2, 0.25) is 10.0 Å². The number of hydrogen-bond acceptors (Lipinski definition) is 5. The van der Waals surface area contributed by atoms with E-state index in [-0.39, 0.29) is 0 Å². The number of aromatic nitrogens is 3. The maximum absolute atomic E-state index is 6.27. The van der Waals surface area contributed by atoms with Gasteiger partial charge in [0, 0.05) is 15.8 Å². The minimum absolute atomic E-state index is 0.507. The number of benzene rings is 1. The van der Waals surface area contributed by atoms with Crippen molar-refractivity contribution in [3.63, 3.8) is 0 Å². The van der Waals surface area contributed by atoms with Gasteiger partial charge in [-0.2, -0.15) is 0 Å². The second kappa shape index (κ2) is 7.61. The summed E-state index contributed by atoms with van der Waals surface area (Å²) in [5.41, 5.74) is 0.980. The fraction of sp³-hybridized carbons (Fsp3) is 0.111. The van der Waals surface area contributed by atoms with Crippen molar-refractivity contribution >= 4 is 35.0 Å². The van der Waals surface area contributed by atoms with Gasteiger partial charge in [0.2, 0.25) is 5.82 Å². The number of hydrogen-bond donors (Lipinski definition) is 0. The van der Waals surface area contributed by atoms with Crippen molar-refractivity contribution in [3.8, 4) is 11.6 Å². The number of rotatable bonds is 6. The summed E-state index contributed by atoms with van der Waals surface area (Å²) < 4.78 is 12.9. The molecule has 0 saturated heterocycles. The zero-order chi connectivity index (χ0) is 17.9. The Morgan fingerprint density at radius 3 is 2.58 bits per heavy atom. The molecule has 1 aromatic carbocycles. The Hall–Kier alpha value is -2.15. The van der Waals surface area contributed by atoms with E-state index >= 15 is 0 Å². The predicted octanol–water partition coefficient (Wildman–Crippen LogP) is 5.78. The minimum atomic E-state index is 0.507. The second-order valence-electron chi connectivity index (χ2n) is 5.47. The number of nitrogens with zero attached hydrogens (tertiary/aromatic N) is 3. The van der Waals surface area contributed by atoms with Crippen molar-refractivity contribution in [2.24, 2.45) is 0 Å². The Morgan fingerprint density at radius 2 is 1.85 bits per heavy atom. The van der Waals surface area contributed by atoms with Gasteiger partial charge < -0.3 is 8.83 Å². The van der Waals surface area contributed by atoms with Gasteiger partial charge in [0.15, 0.2) is 10.9 Å². The van der Waals surface area contributed by atoms with Crippen molar-refractivity contribution in [3.05, 3.63) is 76.4 Å². The molecular formula is C18H13Cl2N3O2S. The zero-order valence-electron chi connectivity index (χ0n) is 13.4. The molecule has 0 aliphatic heterocycles. The first-order valence-electron chi connectivity index (χ1n) is 7.77. The van der Waals surface area contributed by atoms with Gasteiger partial charge in [0.1, 0.15) is 5.76 Å². The molecule has 0 amide bonds. The molecule has 3 aromatic heterocycles. The monoisotopic (exact) mass is 405 g/mol. The van der Waals surface area contributed by atoms with Gasteiger partial charge >= 0.3 is 0 Å². The van der Waals surface area contributed by atoms with Crippen LogP contribution in [0.3, 0.4) is 0 Å². The Kier molecular flexibility index (Phi) is 5.06. The third-order valence-corrected chi connectivity index (χ3v) is 5.33. The van der Waals surface area contributed by atoms with Gasteiger partial charge in [-0.15, -0.1) is 10.2 Å². The van der Waals surface area contributed by atoms with E-state index < -0.39 is 0 Å². The average molecular weight is 406 g/mol. The third kappa shape index (κ3) is 3.67. The smallest absolute Gasteiger partial charge is 0.200 e. The molecule has 0 N–H and O–H groups in total. The van der Waals surface area contributed by atoms with Gasteiger partial charge in [0.25, 0.3) is 0 Å². The summed E-state index contributed by atoms with van der Waals surface area (Å²) in [6.07, 6.45) is 3.26. The maximum atomic E-state index is 6.27. The third-order valence-electron chi connectivity index (χ3n) is 3.72. The molecule has 0 unspecified atom stereocenters. The molecular weight excluding hydrogens is 393 g/mol. The number of halogens is 2. The molecule has 132 valence electrons. The van der Waals surface area contributed by atoms with E-state index in [1.165, 1.54) is 11.8 Å². The SMILES string of the molecule is Clc1ccc(CSc2nnc(-c3ccco3)n2Cc2ccco2)c(Cl)c1. The van der Waals surface area contributed by atoms with Crippen LogP contribution in [0.5, 0.6) is 0 Å². The average Bonchev–Trinajstić information content (AvgIpc) is 3.36. The Labute approximate surface area is 163 Å². The van der Waals surface area contributed by atoms with Crippen LogP contribution in [-0.4, -0.2) is 14.8 Å². The molecule has 5 nitrogen and oxygen atoms in total. The molecule has 0 radical (unpaired) electrons. The Morgan fingerprint density at radius 1 is 1.00 bits per heavy atom. The van der Waals surface area contributed by atoms with Crippen molar-refractivity contribution < 1.29 is 8.83 Å². The molecule has 0 aliphatic carbocycles. The molecule has 3 heterocycles. The maximum Gasteiger partial charge on any atom is 0.200 e. The minimum Gasteiger partial charge on any atom is -0.467 e. The molecule has 0 aliphatic rings. The van der Waals surface area contributed by atoms with Crippen LogP contribution in [0.4, 0.5) is 0 Å². The van der Waals surface area contributed by atoms with Crippen LogP contribution in [0.25, 0.3) is 11.6 Å². The van der Waals surface area contributed by atoms with E-state index in [4.69, 9.17) is 32.0 Å². The van der Waals surface area contributed by atoms with E-state index in [1.807, 2.05) is 41.0 Å². The normalized spacial score (nSPS) is 11.2. The zero-order valence-corrected chi connectivity index (χ0v) is 15.8. The summed E-state index contributed by atoms with van der Waals surface area (Å²) in [6.45, 7) is 0.507. The molecule has 0 fully saturated rings. The lowest BCUT2D eigenvalue weighted by molar-refractivity contribution is 0.482. The van der Waals surface area contributed by atoms with Crippen LogP contribution in [-0.2, 0) is 12.3 Å².